The predicted octanol–water partition coefficient (Wildman–Crippen LogP) is 3.62. The number of aryl methyl sites for hydroxylation is 1. The number of aromatic nitrogens is 2. The Morgan fingerprint density at radius 1 is 1.29 bits per heavy atom. The normalized spacial score (nSPS) is 26.2. The number of likely N-dealkylation sites (tertiary alicyclic amines) is 1. The Morgan fingerprint density at radius 2 is 2.18 bits per heavy atom. The lowest BCUT2D eigenvalue weighted by Crippen LogP contribution is -2.36. The molecule has 5 rings (SSSR count). The average molecular weight is 398 g/mol. The highest BCUT2D eigenvalue weighted by atomic mass is 35.5. The van der Waals surface area contributed by atoms with Crippen LogP contribution in [-0.2, 0) is 11.8 Å². The maximum atomic E-state index is 6.44. The molecule has 0 radical (unpaired) electrons. The van der Waals surface area contributed by atoms with Crippen molar-refractivity contribution >= 4 is 23.1 Å². The number of halogens is 1. The molecular weight excluding hydrogens is 370 g/mol. The first-order valence-electron chi connectivity index (χ1n) is 10.4. The van der Waals surface area contributed by atoms with E-state index in [1.807, 2.05) is 6.07 Å². The molecule has 1 aromatic carbocycles. The molecule has 1 spiro atoms. The third kappa shape index (κ3) is 2.83. The summed E-state index contributed by atoms with van der Waals surface area (Å²) in [5, 5.41) is 0.821. The number of anilines is 2. The van der Waals surface area contributed by atoms with Gasteiger partial charge in [0.05, 0.1) is 0 Å². The summed E-state index contributed by atoms with van der Waals surface area (Å²) in [4.78, 5) is 14.4. The Bertz CT molecular complexity index is 900. The van der Waals surface area contributed by atoms with Gasteiger partial charge in [-0.3, -0.25) is 0 Å². The number of nitrogens with zero attached hydrogens (tertiary/aromatic N) is 4. The van der Waals surface area contributed by atoms with Gasteiger partial charge in [-0.15, -0.1) is 0 Å². The van der Waals surface area contributed by atoms with Crippen molar-refractivity contribution in [2.75, 3.05) is 37.6 Å². The summed E-state index contributed by atoms with van der Waals surface area (Å²) in [6.45, 7) is 7.30. The lowest BCUT2D eigenvalue weighted by molar-refractivity contribution is 0.313. The highest BCUT2D eigenvalue weighted by Gasteiger charge is 2.48. The van der Waals surface area contributed by atoms with Gasteiger partial charge in [0.25, 0.3) is 0 Å². The molecule has 2 unspecified atom stereocenters. The number of hydrogen-bond donors (Lipinski definition) is 1. The Balaban J connectivity index is 1.56. The molecule has 28 heavy (non-hydrogen) atoms. The monoisotopic (exact) mass is 397 g/mol. The molecule has 0 bridgehead atoms. The van der Waals surface area contributed by atoms with Crippen LogP contribution in [0.5, 0.6) is 0 Å². The van der Waals surface area contributed by atoms with E-state index in [0.29, 0.717) is 5.92 Å². The van der Waals surface area contributed by atoms with Crippen LogP contribution in [0.3, 0.4) is 0 Å². The standard InChI is InChI=1S/C22H28ClN5/c1-15-3-5-18-20(15)21(26-14-25-18)28-13-22(7-10-27(12-22)9-2-8-24)17-11-16(23)4-6-19(17)28/h4,6,11,14-15H,2-3,5,7-10,12-13,24H2,1H3. The Labute approximate surface area is 171 Å². The lowest BCUT2D eigenvalue weighted by Gasteiger charge is -2.27. The van der Waals surface area contributed by atoms with E-state index in [1.165, 1.54) is 28.9 Å². The quantitative estimate of drug-likeness (QED) is 0.853. The van der Waals surface area contributed by atoms with Crippen LogP contribution < -0.4 is 10.6 Å². The number of benzene rings is 1. The molecule has 3 heterocycles. The number of hydrogen-bond acceptors (Lipinski definition) is 5. The highest BCUT2D eigenvalue weighted by molar-refractivity contribution is 6.30. The van der Waals surface area contributed by atoms with Crippen LogP contribution >= 0.6 is 11.6 Å². The van der Waals surface area contributed by atoms with Crippen LogP contribution in [0.1, 0.15) is 48.9 Å². The number of nitrogens with two attached hydrogens (primary N) is 1. The van der Waals surface area contributed by atoms with Crippen molar-refractivity contribution in [1.29, 1.82) is 0 Å². The number of rotatable bonds is 4. The fourth-order valence-corrected chi connectivity index (χ4v) is 5.65. The third-order valence-corrected chi connectivity index (χ3v) is 7.14. The molecule has 2 N–H and O–H groups in total. The smallest absolute Gasteiger partial charge is 0.140 e. The average Bonchev–Trinajstić information content (AvgIpc) is 3.37. The lowest BCUT2D eigenvalue weighted by atomic mass is 9.81. The minimum Gasteiger partial charge on any atom is -0.330 e. The van der Waals surface area contributed by atoms with E-state index in [-0.39, 0.29) is 5.41 Å². The van der Waals surface area contributed by atoms with E-state index < -0.39 is 0 Å². The van der Waals surface area contributed by atoms with Crippen molar-refractivity contribution in [3.8, 4) is 0 Å². The molecule has 1 aromatic heterocycles. The Kier molecular flexibility index (Phi) is 4.57. The van der Waals surface area contributed by atoms with Crippen LogP contribution in [-0.4, -0.2) is 47.6 Å². The molecule has 5 nitrogen and oxygen atoms in total. The second kappa shape index (κ2) is 6.97. The van der Waals surface area contributed by atoms with Gasteiger partial charge in [-0.05, 0) is 75.0 Å². The summed E-state index contributed by atoms with van der Waals surface area (Å²) in [6.07, 6.45) is 6.18. The summed E-state index contributed by atoms with van der Waals surface area (Å²) < 4.78 is 0. The van der Waals surface area contributed by atoms with Crippen molar-refractivity contribution in [1.82, 2.24) is 14.9 Å². The van der Waals surface area contributed by atoms with Crippen LogP contribution in [0, 0.1) is 0 Å². The largest absolute Gasteiger partial charge is 0.330 e. The molecule has 2 aromatic rings. The summed E-state index contributed by atoms with van der Waals surface area (Å²) in [5.41, 5.74) is 11.1. The molecule has 0 saturated carbocycles. The zero-order chi connectivity index (χ0) is 19.3. The fraction of sp³-hybridized carbons (Fsp3) is 0.545. The van der Waals surface area contributed by atoms with E-state index in [0.717, 1.165) is 62.8 Å². The van der Waals surface area contributed by atoms with Gasteiger partial charge in [0.1, 0.15) is 12.1 Å². The first kappa shape index (κ1) is 18.3. The van der Waals surface area contributed by atoms with Gasteiger partial charge in [-0.1, -0.05) is 18.5 Å². The maximum absolute atomic E-state index is 6.44. The van der Waals surface area contributed by atoms with E-state index in [9.17, 15) is 0 Å². The fourth-order valence-electron chi connectivity index (χ4n) is 5.48. The zero-order valence-electron chi connectivity index (χ0n) is 16.5. The van der Waals surface area contributed by atoms with Crippen LogP contribution in [0.15, 0.2) is 24.5 Å². The molecule has 0 amide bonds. The molecule has 1 aliphatic carbocycles. The van der Waals surface area contributed by atoms with Gasteiger partial charge in [-0.2, -0.15) is 0 Å². The first-order chi connectivity index (χ1) is 13.6. The molecule has 2 atom stereocenters. The van der Waals surface area contributed by atoms with Crippen LogP contribution in [0.4, 0.5) is 11.5 Å². The molecule has 2 aliphatic heterocycles. The molecule has 148 valence electrons. The zero-order valence-corrected chi connectivity index (χ0v) is 17.3. The SMILES string of the molecule is CC1CCc2ncnc(N3CC4(CCN(CCCN)C4)c4cc(Cl)ccc43)c21. The van der Waals surface area contributed by atoms with E-state index in [4.69, 9.17) is 22.3 Å². The van der Waals surface area contributed by atoms with Gasteiger partial charge >= 0.3 is 0 Å². The van der Waals surface area contributed by atoms with Crippen LogP contribution in [0.25, 0.3) is 0 Å². The van der Waals surface area contributed by atoms with Gasteiger partial charge in [0.2, 0.25) is 0 Å². The van der Waals surface area contributed by atoms with Gasteiger partial charge in [-0.25, -0.2) is 9.97 Å². The Morgan fingerprint density at radius 3 is 3.04 bits per heavy atom. The van der Waals surface area contributed by atoms with Crippen molar-refractivity contribution in [2.24, 2.45) is 5.73 Å². The minimum atomic E-state index is 0.120. The highest BCUT2D eigenvalue weighted by Crippen LogP contribution is 2.51. The molecule has 1 fully saturated rings. The topological polar surface area (TPSA) is 58.3 Å². The number of fused-ring (bicyclic) bond motifs is 3. The minimum absolute atomic E-state index is 0.120. The Hall–Kier alpha value is -1.69. The van der Waals surface area contributed by atoms with E-state index in [2.05, 4.69) is 33.8 Å². The summed E-state index contributed by atoms with van der Waals surface area (Å²) >= 11 is 6.44. The van der Waals surface area contributed by atoms with Crippen molar-refractivity contribution in [3.63, 3.8) is 0 Å². The molecule has 1 saturated heterocycles. The summed E-state index contributed by atoms with van der Waals surface area (Å²) in [6, 6.07) is 6.38. The predicted molar refractivity (Wildman–Crippen MR) is 114 cm³/mol. The maximum Gasteiger partial charge on any atom is 0.140 e. The van der Waals surface area contributed by atoms with Gasteiger partial charge in [0.15, 0.2) is 0 Å². The molecular formula is C22H28ClN5. The second-order valence-corrected chi connectivity index (χ2v) is 9.13. The summed E-state index contributed by atoms with van der Waals surface area (Å²) in [7, 11) is 0. The second-order valence-electron chi connectivity index (χ2n) is 8.69. The van der Waals surface area contributed by atoms with E-state index >= 15 is 0 Å². The summed E-state index contributed by atoms with van der Waals surface area (Å²) in [5.74, 6) is 1.62. The van der Waals surface area contributed by atoms with E-state index in [1.54, 1.807) is 6.33 Å². The third-order valence-electron chi connectivity index (χ3n) is 6.90. The van der Waals surface area contributed by atoms with Crippen LogP contribution in [0.2, 0.25) is 5.02 Å². The molecule has 3 aliphatic rings. The molecule has 6 heteroatoms. The van der Waals surface area contributed by atoms with Crippen molar-refractivity contribution in [3.05, 3.63) is 46.4 Å². The first-order valence-corrected chi connectivity index (χ1v) is 10.8. The van der Waals surface area contributed by atoms with Crippen molar-refractivity contribution in [2.45, 2.75) is 43.9 Å². The van der Waals surface area contributed by atoms with Gasteiger partial charge in [0, 0.05) is 40.5 Å². The van der Waals surface area contributed by atoms with Gasteiger partial charge < -0.3 is 15.5 Å². The van der Waals surface area contributed by atoms with Crippen molar-refractivity contribution < 1.29 is 0 Å².